The molecule has 1 saturated heterocycles. The molecule has 3 rings (SSSR count). The van der Waals surface area contributed by atoms with Gasteiger partial charge in [0.1, 0.15) is 11.4 Å². The quantitative estimate of drug-likeness (QED) is 0.673. The number of likely N-dealkylation sites (N-methyl/N-ethyl adjacent to an activating group) is 1. The fourth-order valence-corrected chi connectivity index (χ4v) is 3.43. The summed E-state index contributed by atoms with van der Waals surface area (Å²) in [4.78, 5) is 5.69. The van der Waals surface area contributed by atoms with Crippen LogP contribution >= 0.6 is 0 Å². The number of hydroxylamine groups is 1. The summed E-state index contributed by atoms with van der Waals surface area (Å²) < 4.78 is 26.0. The van der Waals surface area contributed by atoms with Gasteiger partial charge in [-0.3, -0.25) is 0 Å². The maximum absolute atomic E-state index is 10.7. The van der Waals surface area contributed by atoms with Gasteiger partial charge in [0.2, 0.25) is 0 Å². The summed E-state index contributed by atoms with van der Waals surface area (Å²) in [6.45, 7) is 1.16. The molecule has 1 aliphatic rings. The first kappa shape index (κ1) is 15.5. The van der Waals surface area contributed by atoms with Crippen molar-refractivity contribution in [2.24, 2.45) is 0 Å². The smallest absolute Gasteiger partial charge is 0.112 e. The summed E-state index contributed by atoms with van der Waals surface area (Å²) >= 11 is -2.57. The molecule has 2 aromatic rings. The molecular formula is C15H20N3O3S-. The van der Waals surface area contributed by atoms with Gasteiger partial charge in [-0.1, -0.05) is 0 Å². The third kappa shape index (κ3) is 3.17. The summed E-state index contributed by atoms with van der Waals surface area (Å²) in [5.41, 5.74) is 3.01. The summed E-state index contributed by atoms with van der Waals surface area (Å²) in [6, 6.07) is 6.31. The Morgan fingerprint density at radius 2 is 2.36 bits per heavy atom. The summed E-state index contributed by atoms with van der Waals surface area (Å²) in [7, 11) is 3.75. The van der Waals surface area contributed by atoms with Crippen LogP contribution in [0, 0.1) is 0 Å². The van der Waals surface area contributed by atoms with Crippen LogP contribution in [0.3, 0.4) is 0 Å². The van der Waals surface area contributed by atoms with E-state index >= 15 is 0 Å². The molecule has 1 aliphatic heterocycles. The Balaban J connectivity index is 1.86. The predicted octanol–water partition coefficient (Wildman–Crippen LogP) is 1.97. The van der Waals surface area contributed by atoms with Gasteiger partial charge in [-0.15, -0.1) is 0 Å². The molecule has 1 unspecified atom stereocenters. The van der Waals surface area contributed by atoms with Gasteiger partial charge in [-0.05, 0) is 56.6 Å². The zero-order valence-corrected chi connectivity index (χ0v) is 13.6. The summed E-state index contributed by atoms with van der Waals surface area (Å²) in [6.07, 6.45) is 5.52. The molecule has 1 fully saturated rings. The van der Waals surface area contributed by atoms with Crippen molar-refractivity contribution in [3.8, 4) is 0 Å². The van der Waals surface area contributed by atoms with E-state index in [1.807, 2.05) is 24.4 Å². The van der Waals surface area contributed by atoms with E-state index in [1.165, 1.54) is 23.5 Å². The molecule has 0 aliphatic carbocycles. The minimum atomic E-state index is -2.57. The Morgan fingerprint density at radius 1 is 1.55 bits per heavy atom. The van der Waals surface area contributed by atoms with Crippen LogP contribution < -0.4 is 5.06 Å². The maximum Gasteiger partial charge on any atom is 0.112 e. The van der Waals surface area contributed by atoms with Gasteiger partial charge < -0.3 is 14.4 Å². The number of hydrogen-bond acceptors (Lipinski definition) is 5. The predicted molar refractivity (Wildman–Crippen MR) is 86.1 cm³/mol. The minimum absolute atomic E-state index is 0.575. The first-order valence-electron chi connectivity index (χ1n) is 7.36. The maximum atomic E-state index is 10.7. The van der Waals surface area contributed by atoms with Gasteiger partial charge in [0, 0.05) is 30.2 Å². The Kier molecular flexibility index (Phi) is 4.49. The van der Waals surface area contributed by atoms with Crippen LogP contribution in [0.15, 0.2) is 24.4 Å². The Morgan fingerprint density at radius 3 is 3.05 bits per heavy atom. The zero-order valence-electron chi connectivity index (χ0n) is 12.7. The van der Waals surface area contributed by atoms with Crippen LogP contribution in [0.25, 0.3) is 10.9 Å². The molecule has 6 nitrogen and oxygen atoms in total. The highest BCUT2D eigenvalue weighted by Crippen LogP contribution is 2.28. The number of fused-ring (bicyclic) bond motifs is 1. The molecule has 120 valence electrons. The largest absolute Gasteiger partial charge is 0.748 e. The summed E-state index contributed by atoms with van der Waals surface area (Å²) in [5, 5.41) is 2.37. The van der Waals surface area contributed by atoms with Crippen molar-refractivity contribution in [3.63, 3.8) is 0 Å². The van der Waals surface area contributed by atoms with Crippen LogP contribution in [0.1, 0.15) is 18.4 Å². The van der Waals surface area contributed by atoms with E-state index in [9.17, 15) is 8.76 Å². The van der Waals surface area contributed by atoms with Crippen molar-refractivity contribution >= 4 is 28.0 Å². The SMILES string of the molecule is CN(OS(=O)[O-])c1ccc2[nH]cc(C[C@H]3CCCN3C)c2c1. The number of anilines is 1. The van der Waals surface area contributed by atoms with Gasteiger partial charge in [0.05, 0.1) is 5.69 Å². The average Bonchev–Trinajstić information content (AvgIpc) is 3.05. The molecule has 0 amide bonds. The van der Waals surface area contributed by atoms with Crippen molar-refractivity contribution in [2.45, 2.75) is 25.3 Å². The highest BCUT2D eigenvalue weighted by atomic mass is 32.2. The number of benzene rings is 1. The van der Waals surface area contributed by atoms with Crippen molar-refractivity contribution < 1.29 is 13.0 Å². The fraction of sp³-hybridized carbons (Fsp3) is 0.467. The molecule has 1 N–H and O–H groups in total. The monoisotopic (exact) mass is 322 g/mol. The van der Waals surface area contributed by atoms with Crippen molar-refractivity contribution in [3.05, 3.63) is 30.0 Å². The summed E-state index contributed by atoms with van der Waals surface area (Å²) in [5.74, 6) is 0. The zero-order chi connectivity index (χ0) is 15.7. The van der Waals surface area contributed by atoms with Crippen molar-refractivity contribution in [1.29, 1.82) is 0 Å². The first-order valence-corrected chi connectivity index (χ1v) is 8.36. The molecule has 0 spiro atoms. The van der Waals surface area contributed by atoms with Crippen LogP contribution in [-0.2, 0) is 22.1 Å². The van der Waals surface area contributed by atoms with Gasteiger partial charge in [0.25, 0.3) is 0 Å². The molecule has 22 heavy (non-hydrogen) atoms. The molecule has 0 bridgehead atoms. The van der Waals surface area contributed by atoms with E-state index in [2.05, 4.69) is 21.2 Å². The molecule has 1 aromatic carbocycles. The Bertz CT molecular complexity index is 688. The van der Waals surface area contributed by atoms with Crippen LogP contribution in [0.4, 0.5) is 5.69 Å². The number of rotatable bonds is 5. The van der Waals surface area contributed by atoms with E-state index in [4.69, 9.17) is 0 Å². The highest BCUT2D eigenvalue weighted by molar-refractivity contribution is 7.74. The Hall–Kier alpha value is -1.41. The lowest BCUT2D eigenvalue weighted by molar-refractivity contribution is 0.289. The number of nitrogens with zero attached hydrogens (tertiary/aromatic N) is 2. The number of hydrogen-bond donors (Lipinski definition) is 1. The number of likely N-dealkylation sites (tertiary alicyclic amines) is 1. The van der Waals surface area contributed by atoms with E-state index in [-0.39, 0.29) is 0 Å². The molecule has 1 aromatic heterocycles. The van der Waals surface area contributed by atoms with Gasteiger partial charge in [0.15, 0.2) is 0 Å². The molecular weight excluding hydrogens is 302 g/mol. The number of aromatic amines is 1. The van der Waals surface area contributed by atoms with Gasteiger partial charge in [-0.2, -0.15) is 4.28 Å². The lowest BCUT2D eigenvalue weighted by Gasteiger charge is -2.20. The van der Waals surface area contributed by atoms with Crippen LogP contribution in [-0.4, -0.2) is 45.3 Å². The molecule has 0 saturated carbocycles. The topological polar surface area (TPSA) is 71.6 Å². The second-order valence-electron chi connectivity index (χ2n) is 5.80. The number of nitrogens with one attached hydrogen (secondary N) is 1. The third-order valence-corrected chi connectivity index (χ3v) is 4.76. The van der Waals surface area contributed by atoms with E-state index in [1.54, 1.807) is 7.05 Å². The molecule has 2 heterocycles. The van der Waals surface area contributed by atoms with Gasteiger partial charge >= 0.3 is 0 Å². The third-order valence-electron chi connectivity index (χ3n) is 4.41. The lowest BCUT2D eigenvalue weighted by Crippen LogP contribution is -2.26. The van der Waals surface area contributed by atoms with Crippen molar-refractivity contribution in [2.75, 3.05) is 25.7 Å². The average molecular weight is 322 g/mol. The van der Waals surface area contributed by atoms with Crippen molar-refractivity contribution in [1.82, 2.24) is 9.88 Å². The van der Waals surface area contributed by atoms with E-state index < -0.39 is 11.4 Å². The number of H-pyrrole nitrogens is 1. The molecule has 0 radical (unpaired) electrons. The minimum Gasteiger partial charge on any atom is -0.748 e. The first-order chi connectivity index (χ1) is 10.5. The molecule has 2 atom stereocenters. The molecule has 7 heteroatoms. The Labute approximate surface area is 132 Å². The standard InChI is InChI=1S/C15H21N3O3S/c1-17-7-3-4-12(17)8-11-10-16-15-6-5-13(9-14(11)15)18(2)21-22(19)20/h5-6,9-10,12,16H,3-4,7-8H2,1-2H3,(H,19,20)/p-1/t12-/m1/s1. The normalized spacial score (nSPS) is 20.6. The van der Waals surface area contributed by atoms with E-state index in [0.29, 0.717) is 11.7 Å². The van der Waals surface area contributed by atoms with Crippen LogP contribution in [0.5, 0.6) is 0 Å². The number of aromatic nitrogens is 1. The fourth-order valence-electron chi connectivity index (χ4n) is 3.16. The van der Waals surface area contributed by atoms with Crippen LogP contribution in [0.2, 0.25) is 0 Å². The highest BCUT2D eigenvalue weighted by Gasteiger charge is 2.22. The van der Waals surface area contributed by atoms with Gasteiger partial charge in [-0.25, -0.2) is 9.27 Å². The second kappa shape index (κ2) is 6.37. The second-order valence-corrected chi connectivity index (χ2v) is 6.36. The van der Waals surface area contributed by atoms with E-state index in [0.717, 1.165) is 23.9 Å². The lowest BCUT2D eigenvalue weighted by atomic mass is 10.0.